The van der Waals surface area contributed by atoms with Crippen LogP contribution in [0.4, 0.5) is 5.82 Å². The van der Waals surface area contributed by atoms with Gasteiger partial charge in [-0.15, -0.1) is 0 Å². The van der Waals surface area contributed by atoms with E-state index in [0.717, 1.165) is 38.4 Å². The fraction of sp³-hybridized carbons (Fsp3) is 0.667. The van der Waals surface area contributed by atoms with E-state index in [1.54, 1.807) is 0 Å². The molecule has 2 rings (SSSR count). The summed E-state index contributed by atoms with van der Waals surface area (Å²) in [6.45, 7) is 4.28. The third-order valence-corrected chi connectivity index (χ3v) is 3.25. The van der Waals surface area contributed by atoms with Crippen LogP contribution >= 0.6 is 0 Å². The Balaban J connectivity index is 2.26. The van der Waals surface area contributed by atoms with Gasteiger partial charge in [0.15, 0.2) is 5.69 Å². The summed E-state index contributed by atoms with van der Waals surface area (Å²) in [5, 5.41) is 0. The van der Waals surface area contributed by atoms with Crippen molar-refractivity contribution in [2.45, 2.75) is 26.3 Å². The second-order valence-electron chi connectivity index (χ2n) is 4.45. The lowest BCUT2D eigenvalue weighted by atomic mass is 10.1. The first-order chi connectivity index (χ1) is 8.67. The molecular weight excluding hydrogens is 234 g/mol. The van der Waals surface area contributed by atoms with Gasteiger partial charge in [-0.05, 0) is 6.42 Å². The minimum absolute atomic E-state index is 0.216. The Kier molecular flexibility index (Phi) is 3.86. The summed E-state index contributed by atoms with van der Waals surface area (Å²) in [6.07, 6.45) is 1.75. The first kappa shape index (κ1) is 12.9. The number of carbonyl (C=O) groups is 1. The van der Waals surface area contributed by atoms with Crippen molar-refractivity contribution in [1.82, 2.24) is 9.55 Å². The lowest BCUT2D eigenvalue weighted by Crippen LogP contribution is -2.15. The largest absolute Gasteiger partial charge is 0.464 e. The number of hydrogen-bond acceptors (Lipinski definition) is 5. The second kappa shape index (κ2) is 5.39. The third kappa shape index (κ3) is 2.33. The zero-order valence-corrected chi connectivity index (χ0v) is 10.8. The number of carbonyl (C=O) groups excluding carboxylic acids is 1. The van der Waals surface area contributed by atoms with Gasteiger partial charge in [0.1, 0.15) is 11.6 Å². The molecule has 1 atom stereocenters. The van der Waals surface area contributed by atoms with Gasteiger partial charge in [0.05, 0.1) is 13.7 Å². The van der Waals surface area contributed by atoms with Gasteiger partial charge in [0.2, 0.25) is 0 Å². The molecule has 2 N–H and O–H groups in total. The highest BCUT2D eigenvalue weighted by molar-refractivity contribution is 5.92. The van der Waals surface area contributed by atoms with Crippen LogP contribution in [0.15, 0.2) is 0 Å². The minimum Gasteiger partial charge on any atom is -0.464 e. The first-order valence-electron chi connectivity index (χ1n) is 6.18. The average molecular weight is 253 g/mol. The molecule has 1 aromatic rings. The van der Waals surface area contributed by atoms with Crippen molar-refractivity contribution in [3.8, 4) is 0 Å². The number of aromatic nitrogens is 2. The number of nitrogens with zero attached hydrogens (tertiary/aromatic N) is 2. The molecule has 1 aromatic heterocycles. The molecule has 6 heteroatoms. The van der Waals surface area contributed by atoms with E-state index in [4.69, 9.17) is 10.5 Å². The molecule has 0 aromatic carbocycles. The Morgan fingerprint density at radius 3 is 3.00 bits per heavy atom. The van der Waals surface area contributed by atoms with E-state index in [2.05, 4.69) is 9.72 Å². The molecule has 1 aliphatic heterocycles. The number of methoxy groups -OCH3 is 1. The number of rotatable bonds is 4. The lowest BCUT2D eigenvalue weighted by molar-refractivity contribution is 0.0595. The van der Waals surface area contributed by atoms with Gasteiger partial charge in [-0.1, -0.05) is 6.92 Å². The lowest BCUT2D eigenvalue weighted by Gasteiger charge is -2.12. The van der Waals surface area contributed by atoms with Crippen LogP contribution < -0.4 is 5.73 Å². The predicted octanol–water partition coefficient (Wildman–Crippen LogP) is 0.851. The maximum Gasteiger partial charge on any atom is 0.360 e. The van der Waals surface area contributed by atoms with Gasteiger partial charge in [-0.2, -0.15) is 0 Å². The minimum atomic E-state index is -0.483. The number of esters is 1. The topological polar surface area (TPSA) is 79.4 Å². The molecule has 0 bridgehead atoms. The number of nitrogen functional groups attached to an aromatic ring is 1. The van der Waals surface area contributed by atoms with Crippen molar-refractivity contribution >= 4 is 11.8 Å². The zero-order chi connectivity index (χ0) is 13.1. The average Bonchev–Trinajstić information content (AvgIpc) is 2.99. The summed E-state index contributed by atoms with van der Waals surface area (Å²) in [7, 11) is 1.33. The molecule has 1 unspecified atom stereocenters. The Morgan fingerprint density at radius 1 is 1.67 bits per heavy atom. The molecule has 1 fully saturated rings. The van der Waals surface area contributed by atoms with Crippen LogP contribution in [0.1, 0.15) is 29.7 Å². The maximum atomic E-state index is 11.6. The monoisotopic (exact) mass is 253 g/mol. The van der Waals surface area contributed by atoms with Crippen molar-refractivity contribution in [3.63, 3.8) is 0 Å². The number of nitrogens with two attached hydrogens (primary N) is 1. The fourth-order valence-corrected chi connectivity index (χ4v) is 2.22. The van der Waals surface area contributed by atoms with Crippen LogP contribution in [0.3, 0.4) is 0 Å². The zero-order valence-electron chi connectivity index (χ0n) is 10.8. The van der Waals surface area contributed by atoms with Crippen molar-refractivity contribution in [2.24, 2.45) is 5.92 Å². The summed E-state index contributed by atoms with van der Waals surface area (Å²) < 4.78 is 11.9. The molecule has 6 nitrogen and oxygen atoms in total. The molecule has 0 amide bonds. The highest BCUT2D eigenvalue weighted by Crippen LogP contribution is 2.21. The predicted molar refractivity (Wildman–Crippen MR) is 66.3 cm³/mol. The van der Waals surface area contributed by atoms with Crippen LogP contribution in [0.25, 0.3) is 0 Å². The number of aryl methyl sites for hydroxylation is 1. The van der Waals surface area contributed by atoms with Gasteiger partial charge in [0.25, 0.3) is 0 Å². The smallest absolute Gasteiger partial charge is 0.360 e. The summed E-state index contributed by atoms with van der Waals surface area (Å²) in [6, 6.07) is 0. The summed E-state index contributed by atoms with van der Waals surface area (Å²) in [5.41, 5.74) is 6.21. The molecule has 0 saturated carbocycles. The van der Waals surface area contributed by atoms with Crippen LogP contribution in [-0.2, 0) is 22.4 Å². The highest BCUT2D eigenvalue weighted by Gasteiger charge is 2.23. The normalized spacial score (nSPS) is 19.1. The summed E-state index contributed by atoms with van der Waals surface area (Å²) in [5.74, 6) is 1.17. The highest BCUT2D eigenvalue weighted by atomic mass is 16.5. The van der Waals surface area contributed by atoms with Crippen molar-refractivity contribution < 1.29 is 14.3 Å². The van der Waals surface area contributed by atoms with E-state index in [-0.39, 0.29) is 5.69 Å². The van der Waals surface area contributed by atoms with E-state index in [1.807, 2.05) is 11.5 Å². The molecule has 1 saturated heterocycles. The molecular formula is C12H19N3O3. The van der Waals surface area contributed by atoms with Crippen LogP contribution in [0.2, 0.25) is 0 Å². The van der Waals surface area contributed by atoms with Gasteiger partial charge in [-0.3, -0.25) is 0 Å². The molecule has 0 spiro atoms. The first-order valence-corrected chi connectivity index (χ1v) is 6.18. The van der Waals surface area contributed by atoms with E-state index in [1.165, 1.54) is 7.11 Å². The molecule has 0 radical (unpaired) electrons. The summed E-state index contributed by atoms with van der Waals surface area (Å²) >= 11 is 0. The van der Waals surface area contributed by atoms with Gasteiger partial charge in [-0.25, -0.2) is 9.78 Å². The number of hydrogen-bond donors (Lipinski definition) is 1. The van der Waals surface area contributed by atoms with Crippen LogP contribution in [-0.4, -0.2) is 35.8 Å². The second-order valence-corrected chi connectivity index (χ2v) is 4.45. The number of anilines is 1. The fourth-order valence-electron chi connectivity index (χ4n) is 2.22. The van der Waals surface area contributed by atoms with E-state index < -0.39 is 5.97 Å². The van der Waals surface area contributed by atoms with Crippen molar-refractivity contribution in [2.75, 3.05) is 26.1 Å². The van der Waals surface area contributed by atoms with Crippen LogP contribution in [0, 0.1) is 5.92 Å². The van der Waals surface area contributed by atoms with Gasteiger partial charge in [0, 0.05) is 25.5 Å². The number of ether oxygens (including phenoxy) is 2. The summed E-state index contributed by atoms with van der Waals surface area (Å²) in [4.78, 5) is 15.8. The van der Waals surface area contributed by atoms with E-state index >= 15 is 0 Å². The van der Waals surface area contributed by atoms with Crippen molar-refractivity contribution in [1.29, 1.82) is 0 Å². The van der Waals surface area contributed by atoms with Crippen molar-refractivity contribution in [3.05, 3.63) is 11.5 Å². The standard InChI is InChI=1S/C12H19N3O3/c1-3-9-14-10(12(16)17-2)11(13)15(9)6-8-4-5-18-7-8/h8H,3-7,13H2,1-2H3. The quantitative estimate of drug-likeness (QED) is 0.805. The van der Waals surface area contributed by atoms with Crippen LogP contribution in [0.5, 0.6) is 0 Å². The SMILES string of the molecule is CCc1nc(C(=O)OC)c(N)n1CC1CCOC1. The molecule has 2 heterocycles. The van der Waals surface area contributed by atoms with E-state index in [9.17, 15) is 4.79 Å². The Bertz CT molecular complexity index is 436. The molecule has 0 aliphatic carbocycles. The molecule has 100 valence electrons. The van der Waals surface area contributed by atoms with E-state index in [0.29, 0.717) is 11.7 Å². The Morgan fingerprint density at radius 2 is 2.44 bits per heavy atom. The molecule has 18 heavy (non-hydrogen) atoms. The Hall–Kier alpha value is -1.56. The Labute approximate surface area is 106 Å². The van der Waals surface area contributed by atoms with Gasteiger partial charge < -0.3 is 19.8 Å². The van der Waals surface area contributed by atoms with Gasteiger partial charge >= 0.3 is 5.97 Å². The maximum absolute atomic E-state index is 11.6. The number of imidazole rings is 1. The molecule has 1 aliphatic rings. The third-order valence-electron chi connectivity index (χ3n) is 3.25.